The van der Waals surface area contributed by atoms with Crippen LogP contribution in [0.2, 0.25) is 0 Å². The van der Waals surface area contributed by atoms with E-state index in [4.69, 9.17) is 4.74 Å². The Hall–Kier alpha value is -1.95. The van der Waals surface area contributed by atoms with Gasteiger partial charge in [0, 0.05) is 25.7 Å². The first-order valence-corrected chi connectivity index (χ1v) is 8.25. The Kier molecular flexibility index (Phi) is 4.61. The lowest BCUT2D eigenvalue weighted by molar-refractivity contribution is -0.135. The molecule has 1 spiro atoms. The van der Waals surface area contributed by atoms with Gasteiger partial charge in [-0.25, -0.2) is 0 Å². The number of hydrogen-bond donors (Lipinski definition) is 1. The third-order valence-electron chi connectivity index (χ3n) is 4.77. The van der Waals surface area contributed by atoms with Gasteiger partial charge >= 0.3 is 0 Å². The Morgan fingerprint density at radius 2 is 2.17 bits per heavy atom. The molecule has 1 aromatic rings. The predicted molar refractivity (Wildman–Crippen MR) is 84.9 cm³/mol. The average molecular weight is 317 g/mol. The van der Waals surface area contributed by atoms with Crippen molar-refractivity contribution in [3.63, 3.8) is 0 Å². The number of carbonyl (C=O) groups excluding carboxylic acids is 2. The number of nitrogens with one attached hydrogen (secondary N) is 1. The summed E-state index contributed by atoms with van der Waals surface area (Å²) in [6, 6.07) is 5.30. The maximum absolute atomic E-state index is 12.2. The Morgan fingerprint density at radius 1 is 1.39 bits per heavy atom. The number of aromatic nitrogens is 1. The number of amides is 2. The van der Waals surface area contributed by atoms with Gasteiger partial charge in [0.15, 0.2) is 0 Å². The molecule has 6 nitrogen and oxygen atoms in total. The summed E-state index contributed by atoms with van der Waals surface area (Å²) in [6.07, 6.45) is 4.65. The molecular weight excluding hydrogens is 294 g/mol. The van der Waals surface area contributed by atoms with Gasteiger partial charge in [-0.15, -0.1) is 0 Å². The molecule has 2 aliphatic rings. The van der Waals surface area contributed by atoms with Crippen molar-refractivity contribution in [2.75, 3.05) is 19.7 Å². The zero-order chi connectivity index (χ0) is 16.3. The molecule has 1 aromatic heterocycles. The lowest BCUT2D eigenvalue weighted by Gasteiger charge is -2.38. The summed E-state index contributed by atoms with van der Waals surface area (Å²) in [5, 5.41) is 3.00. The first-order valence-electron chi connectivity index (χ1n) is 8.25. The fraction of sp³-hybridized carbons (Fsp3) is 0.588. The van der Waals surface area contributed by atoms with E-state index in [1.54, 1.807) is 24.4 Å². The number of likely N-dealkylation sites (tertiary alicyclic amines) is 1. The number of rotatable bonds is 3. The number of ether oxygens (including phenoxy) is 1. The first kappa shape index (κ1) is 15.9. The number of piperidine rings is 1. The fourth-order valence-electron chi connectivity index (χ4n) is 3.43. The van der Waals surface area contributed by atoms with E-state index >= 15 is 0 Å². The third-order valence-corrected chi connectivity index (χ3v) is 4.77. The molecule has 2 aliphatic heterocycles. The summed E-state index contributed by atoms with van der Waals surface area (Å²) >= 11 is 0. The molecule has 0 bridgehead atoms. The summed E-state index contributed by atoms with van der Waals surface area (Å²) in [7, 11) is 0. The summed E-state index contributed by atoms with van der Waals surface area (Å²) in [5.41, 5.74) is 0.240. The van der Waals surface area contributed by atoms with Crippen LogP contribution in [0.3, 0.4) is 0 Å². The lowest BCUT2D eigenvalue weighted by atomic mass is 9.87. The topological polar surface area (TPSA) is 71.5 Å². The summed E-state index contributed by atoms with van der Waals surface area (Å²) in [4.78, 5) is 29.9. The van der Waals surface area contributed by atoms with Crippen molar-refractivity contribution < 1.29 is 14.3 Å². The molecule has 0 aliphatic carbocycles. The monoisotopic (exact) mass is 317 g/mol. The minimum atomic E-state index is -0.188. The van der Waals surface area contributed by atoms with Gasteiger partial charge in [-0.2, -0.15) is 0 Å². The fourth-order valence-corrected chi connectivity index (χ4v) is 3.43. The highest BCUT2D eigenvalue weighted by Crippen LogP contribution is 2.36. The second-order valence-corrected chi connectivity index (χ2v) is 6.32. The van der Waals surface area contributed by atoms with Gasteiger partial charge in [-0.3, -0.25) is 14.6 Å². The standard InChI is InChI=1S/C17H23N3O3/c1-2-15(21)20-9-6-17(7-10-20)11-13(12-23-17)19-16(22)14-5-3-4-8-18-14/h3-5,8,13H,2,6-7,9-12H2,1H3,(H,19,22)/t13-/m1/s1. The molecule has 124 valence electrons. The van der Waals surface area contributed by atoms with Crippen molar-refractivity contribution >= 4 is 11.8 Å². The molecule has 23 heavy (non-hydrogen) atoms. The van der Waals surface area contributed by atoms with Crippen molar-refractivity contribution in [3.05, 3.63) is 30.1 Å². The van der Waals surface area contributed by atoms with Crippen molar-refractivity contribution in [1.82, 2.24) is 15.2 Å². The Morgan fingerprint density at radius 3 is 2.83 bits per heavy atom. The van der Waals surface area contributed by atoms with E-state index in [9.17, 15) is 9.59 Å². The van der Waals surface area contributed by atoms with Gasteiger partial charge in [0.1, 0.15) is 5.69 Å². The molecule has 3 heterocycles. The van der Waals surface area contributed by atoms with Crippen LogP contribution in [0.15, 0.2) is 24.4 Å². The van der Waals surface area contributed by atoms with E-state index in [0.29, 0.717) is 18.7 Å². The van der Waals surface area contributed by atoms with Crippen LogP contribution in [0, 0.1) is 0 Å². The molecule has 2 amide bonds. The van der Waals surface area contributed by atoms with Crippen molar-refractivity contribution in [2.45, 2.75) is 44.2 Å². The smallest absolute Gasteiger partial charge is 0.270 e. The lowest BCUT2D eigenvalue weighted by Crippen LogP contribution is -2.47. The summed E-state index contributed by atoms with van der Waals surface area (Å²) < 4.78 is 6.02. The first-order chi connectivity index (χ1) is 11.1. The van der Waals surface area contributed by atoms with E-state index in [-0.39, 0.29) is 23.5 Å². The quantitative estimate of drug-likeness (QED) is 0.914. The van der Waals surface area contributed by atoms with Crippen LogP contribution in [-0.2, 0) is 9.53 Å². The van der Waals surface area contributed by atoms with Crippen molar-refractivity contribution in [2.24, 2.45) is 0 Å². The van der Waals surface area contributed by atoms with E-state index in [0.717, 1.165) is 32.4 Å². The molecule has 0 aromatic carbocycles. The zero-order valence-corrected chi connectivity index (χ0v) is 13.5. The van der Waals surface area contributed by atoms with E-state index < -0.39 is 0 Å². The predicted octanol–water partition coefficient (Wildman–Crippen LogP) is 1.37. The molecule has 3 rings (SSSR count). The number of carbonyl (C=O) groups is 2. The highest BCUT2D eigenvalue weighted by molar-refractivity contribution is 5.92. The summed E-state index contributed by atoms with van der Waals surface area (Å²) in [6.45, 7) is 3.91. The average Bonchev–Trinajstić information content (AvgIpc) is 2.98. The van der Waals surface area contributed by atoms with Gasteiger partial charge < -0.3 is 15.0 Å². The Bertz CT molecular complexity index is 568. The van der Waals surface area contributed by atoms with Crippen LogP contribution in [0.4, 0.5) is 0 Å². The molecule has 2 saturated heterocycles. The Labute approximate surface area is 136 Å². The second-order valence-electron chi connectivity index (χ2n) is 6.32. The minimum absolute atomic E-state index is 0.0120. The minimum Gasteiger partial charge on any atom is -0.373 e. The van der Waals surface area contributed by atoms with Crippen LogP contribution in [0.5, 0.6) is 0 Å². The molecule has 1 atom stereocenters. The number of hydrogen-bond acceptors (Lipinski definition) is 4. The normalized spacial score (nSPS) is 23.0. The molecule has 0 saturated carbocycles. The maximum Gasteiger partial charge on any atom is 0.270 e. The molecule has 2 fully saturated rings. The van der Waals surface area contributed by atoms with Crippen LogP contribution >= 0.6 is 0 Å². The van der Waals surface area contributed by atoms with Gasteiger partial charge in [0.25, 0.3) is 5.91 Å². The van der Waals surface area contributed by atoms with Gasteiger partial charge in [-0.1, -0.05) is 13.0 Å². The van der Waals surface area contributed by atoms with Crippen LogP contribution < -0.4 is 5.32 Å². The highest BCUT2D eigenvalue weighted by Gasteiger charge is 2.43. The zero-order valence-electron chi connectivity index (χ0n) is 13.5. The molecule has 0 unspecified atom stereocenters. The summed E-state index contributed by atoms with van der Waals surface area (Å²) in [5.74, 6) is 0.0488. The highest BCUT2D eigenvalue weighted by atomic mass is 16.5. The van der Waals surface area contributed by atoms with E-state index in [2.05, 4.69) is 10.3 Å². The second kappa shape index (κ2) is 6.66. The van der Waals surface area contributed by atoms with Crippen molar-refractivity contribution in [3.8, 4) is 0 Å². The van der Waals surface area contributed by atoms with Gasteiger partial charge in [-0.05, 0) is 31.4 Å². The van der Waals surface area contributed by atoms with Crippen LogP contribution in [0.25, 0.3) is 0 Å². The van der Waals surface area contributed by atoms with Gasteiger partial charge in [0.2, 0.25) is 5.91 Å². The van der Waals surface area contributed by atoms with Crippen LogP contribution in [0.1, 0.15) is 43.1 Å². The third kappa shape index (κ3) is 3.52. The maximum atomic E-state index is 12.2. The number of pyridine rings is 1. The van der Waals surface area contributed by atoms with E-state index in [1.165, 1.54) is 0 Å². The SMILES string of the molecule is CCC(=O)N1CCC2(CC1)C[C@@H](NC(=O)c1ccccn1)CO2. The van der Waals surface area contributed by atoms with Gasteiger partial charge in [0.05, 0.1) is 18.2 Å². The molecular formula is C17H23N3O3. The Balaban J connectivity index is 1.53. The number of nitrogens with zero attached hydrogens (tertiary/aromatic N) is 2. The van der Waals surface area contributed by atoms with E-state index in [1.807, 2.05) is 11.8 Å². The molecule has 6 heteroatoms. The molecule has 1 N–H and O–H groups in total. The molecule has 0 radical (unpaired) electrons. The van der Waals surface area contributed by atoms with Crippen LogP contribution in [-0.4, -0.2) is 53.0 Å². The largest absolute Gasteiger partial charge is 0.373 e. The van der Waals surface area contributed by atoms with Crippen molar-refractivity contribution in [1.29, 1.82) is 0 Å².